The van der Waals surface area contributed by atoms with E-state index in [0.717, 1.165) is 26.7 Å². The highest BCUT2D eigenvalue weighted by molar-refractivity contribution is 7.21. The van der Waals surface area contributed by atoms with E-state index < -0.39 is 6.10 Å². The molecule has 0 radical (unpaired) electrons. The van der Waals surface area contributed by atoms with Gasteiger partial charge in [0.25, 0.3) is 5.91 Å². The molecule has 2 aromatic carbocycles. The molecule has 1 amide bonds. The number of rotatable bonds is 6. The molecule has 7 heteroatoms. The Labute approximate surface area is 172 Å². The van der Waals surface area contributed by atoms with Crippen LogP contribution in [-0.4, -0.2) is 29.1 Å². The summed E-state index contributed by atoms with van der Waals surface area (Å²) in [6, 6.07) is 18.5. The van der Waals surface area contributed by atoms with Crippen LogP contribution >= 0.6 is 11.3 Å². The van der Waals surface area contributed by atoms with Crippen molar-refractivity contribution in [2.45, 2.75) is 13.0 Å². The maximum Gasteiger partial charge on any atom is 0.265 e. The molecule has 0 saturated carbocycles. The fourth-order valence-electron chi connectivity index (χ4n) is 2.75. The molecule has 0 saturated heterocycles. The maximum absolute atomic E-state index is 12.4. The maximum atomic E-state index is 12.4. The smallest absolute Gasteiger partial charge is 0.265 e. The monoisotopic (exact) mass is 405 g/mol. The Morgan fingerprint density at radius 1 is 1.03 bits per heavy atom. The molecule has 0 aliphatic heterocycles. The number of pyridine rings is 1. The van der Waals surface area contributed by atoms with E-state index in [9.17, 15) is 4.79 Å². The standard InChI is InChI=1S/C22H19N3O3S/c1-14(28-18-11-9-17(27-2)10-12-18)20(26)24-16-7-5-15(6-8-16)21-25-19-4-3-13-23-22(19)29-21/h3-14H,1-2H3,(H,24,26). The highest BCUT2D eigenvalue weighted by Crippen LogP contribution is 2.29. The number of fused-ring (bicyclic) bond motifs is 1. The van der Waals surface area contributed by atoms with E-state index in [1.54, 1.807) is 55.8 Å². The lowest BCUT2D eigenvalue weighted by Gasteiger charge is -2.15. The van der Waals surface area contributed by atoms with E-state index in [1.807, 2.05) is 36.4 Å². The number of amides is 1. The Morgan fingerprint density at radius 2 is 1.76 bits per heavy atom. The SMILES string of the molecule is COc1ccc(OC(C)C(=O)Nc2ccc(-c3nc4cccnc4s3)cc2)cc1. The van der Waals surface area contributed by atoms with Crippen molar-refractivity contribution in [1.29, 1.82) is 0 Å². The second-order valence-corrected chi connectivity index (χ2v) is 7.33. The van der Waals surface area contributed by atoms with Crippen LogP contribution in [0.15, 0.2) is 66.9 Å². The normalized spacial score (nSPS) is 11.8. The number of carbonyl (C=O) groups is 1. The summed E-state index contributed by atoms with van der Waals surface area (Å²) in [5, 5.41) is 3.77. The van der Waals surface area contributed by atoms with Crippen LogP contribution in [0.1, 0.15) is 6.92 Å². The van der Waals surface area contributed by atoms with E-state index in [4.69, 9.17) is 9.47 Å². The summed E-state index contributed by atoms with van der Waals surface area (Å²) < 4.78 is 10.8. The lowest BCUT2D eigenvalue weighted by molar-refractivity contribution is -0.122. The highest BCUT2D eigenvalue weighted by atomic mass is 32.1. The molecular weight excluding hydrogens is 386 g/mol. The minimum absolute atomic E-state index is 0.224. The van der Waals surface area contributed by atoms with Crippen LogP contribution in [0.25, 0.3) is 20.9 Å². The van der Waals surface area contributed by atoms with E-state index in [1.165, 1.54) is 0 Å². The zero-order valence-corrected chi connectivity index (χ0v) is 16.8. The second kappa shape index (κ2) is 8.28. The number of aromatic nitrogens is 2. The van der Waals surface area contributed by atoms with Crippen LogP contribution in [-0.2, 0) is 4.79 Å². The quantitative estimate of drug-likeness (QED) is 0.500. The largest absolute Gasteiger partial charge is 0.497 e. The van der Waals surface area contributed by atoms with Gasteiger partial charge in [-0.1, -0.05) is 11.3 Å². The summed E-state index contributed by atoms with van der Waals surface area (Å²) in [5.41, 5.74) is 2.56. The van der Waals surface area contributed by atoms with Gasteiger partial charge in [-0.3, -0.25) is 4.79 Å². The predicted molar refractivity (Wildman–Crippen MR) is 115 cm³/mol. The van der Waals surface area contributed by atoms with Crippen molar-refractivity contribution in [2.75, 3.05) is 12.4 Å². The Morgan fingerprint density at radius 3 is 2.45 bits per heavy atom. The van der Waals surface area contributed by atoms with Gasteiger partial charge >= 0.3 is 0 Å². The fraction of sp³-hybridized carbons (Fsp3) is 0.136. The van der Waals surface area contributed by atoms with Gasteiger partial charge in [0.2, 0.25) is 0 Å². The van der Waals surface area contributed by atoms with Gasteiger partial charge < -0.3 is 14.8 Å². The molecule has 0 bridgehead atoms. The van der Waals surface area contributed by atoms with Crippen molar-refractivity contribution in [1.82, 2.24) is 9.97 Å². The third-order valence-electron chi connectivity index (χ3n) is 4.31. The molecule has 0 aliphatic carbocycles. The van der Waals surface area contributed by atoms with Crippen molar-refractivity contribution in [2.24, 2.45) is 0 Å². The molecule has 146 valence electrons. The van der Waals surface area contributed by atoms with Gasteiger partial charge in [0.15, 0.2) is 6.10 Å². The zero-order chi connectivity index (χ0) is 20.2. The minimum atomic E-state index is -0.640. The number of nitrogens with zero attached hydrogens (tertiary/aromatic N) is 2. The number of nitrogens with one attached hydrogen (secondary N) is 1. The Bertz CT molecular complexity index is 1090. The number of methoxy groups -OCH3 is 1. The first-order chi connectivity index (χ1) is 14.1. The summed E-state index contributed by atoms with van der Waals surface area (Å²) in [5.74, 6) is 1.12. The molecule has 1 atom stereocenters. The zero-order valence-electron chi connectivity index (χ0n) is 16.0. The molecule has 4 aromatic rings. The molecule has 0 fully saturated rings. The van der Waals surface area contributed by atoms with Gasteiger partial charge in [-0.15, -0.1) is 0 Å². The molecule has 0 spiro atoms. The molecule has 0 aliphatic rings. The number of ether oxygens (including phenoxy) is 2. The molecule has 29 heavy (non-hydrogen) atoms. The Kier molecular flexibility index (Phi) is 5.39. The van der Waals surface area contributed by atoms with Crippen LogP contribution in [0.5, 0.6) is 11.5 Å². The van der Waals surface area contributed by atoms with Crippen LogP contribution in [0, 0.1) is 0 Å². The first-order valence-electron chi connectivity index (χ1n) is 9.06. The first kappa shape index (κ1) is 18.9. The lowest BCUT2D eigenvalue weighted by atomic mass is 10.2. The fourth-order valence-corrected chi connectivity index (χ4v) is 3.66. The van der Waals surface area contributed by atoms with Crippen molar-refractivity contribution >= 4 is 33.3 Å². The third kappa shape index (κ3) is 4.35. The van der Waals surface area contributed by atoms with Crippen molar-refractivity contribution in [3.63, 3.8) is 0 Å². The average molecular weight is 405 g/mol. The van der Waals surface area contributed by atoms with Crippen LogP contribution in [0.4, 0.5) is 5.69 Å². The molecule has 2 aromatic heterocycles. The van der Waals surface area contributed by atoms with Gasteiger partial charge in [0, 0.05) is 17.4 Å². The molecular formula is C22H19N3O3S. The third-order valence-corrected chi connectivity index (χ3v) is 5.34. The predicted octanol–water partition coefficient (Wildman–Crippen LogP) is 4.77. The number of thiazole rings is 1. The van der Waals surface area contributed by atoms with Gasteiger partial charge in [0.05, 0.1) is 7.11 Å². The summed E-state index contributed by atoms with van der Waals surface area (Å²) in [4.78, 5) is 22.3. The molecule has 1 unspecified atom stereocenters. The summed E-state index contributed by atoms with van der Waals surface area (Å²) in [7, 11) is 1.60. The number of benzene rings is 2. The minimum Gasteiger partial charge on any atom is -0.497 e. The van der Waals surface area contributed by atoms with Crippen molar-refractivity contribution in [3.05, 3.63) is 66.9 Å². The topological polar surface area (TPSA) is 73.3 Å². The van der Waals surface area contributed by atoms with Gasteiger partial charge in [-0.25, -0.2) is 9.97 Å². The number of hydrogen-bond acceptors (Lipinski definition) is 6. The van der Waals surface area contributed by atoms with Crippen LogP contribution in [0.2, 0.25) is 0 Å². The van der Waals surface area contributed by atoms with Gasteiger partial charge in [-0.2, -0.15) is 0 Å². The second-order valence-electron chi connectivity index (χ2n) is 6.35. The van der Waals surface area contributed by atoms with Gasteiger partial charge in [0.1, 0.15) is 26.9 Å². The van der Waals surface area contributed by atoms with E-state index in [2.05, 4.69) is 15.3 Å². The molecule has 2 heterocycles. The average Bonchev–Trinajstić information content (AvgIpc) is 3.19. The molecule has 6 nitrogen and oxygen atoms in total. The van der Waals surface area contributed by atoms with Crippen LogP contribution < -0.4 is 14.8 Å². The van der Waals surface area contributed by atoms with E-state index in [0.29, 0.717) is 11.4 Å². The Hall–Kier alpha value is -3.45. The van der Waals surface area contributed by atoms with Crippen molar-refractivity contribution in [3.8, 4) is 22.1 Å². The van der Waals surface area contributed by atoms with E-state index in [-0.39, 0.29) is 5.91 Å². The molecule has 4 rings (SSSR count). The van der Waals surface area contributed by atoms with Crippen LogP contribution in [0.3, 0.4) is 0 Å². The Balaban J connectivity index is 1.40. The summed E-state index contributed by atoms with van der Waals surface area (Å²) in [6.45, 7) is 1.71. The highest BCUT2D eigenvalue weighted by Gasteiger charge is 2.15. The molecule has 1 N–H and O–H groups in total. The summed E-state index contributed by atoms with van der Waals surface area (Å²) >= 11 is 1.54. The van der Waals surface area contributed by atoms with Gasteiger partial charge in [-0.05, 0) is 67.6 Å². The van der Waals surface area contributed by atoms with E-state index >= 15 is 0 Å². The first-order valence-corrected chi connectivity index (χ1v) is 9.87. The number of anilines is 1. The van der Waals surface area contributed by atoms with Crippen molar-refractivity contribution < 1.29 is 14.3 Å². The number of carbonyl (C=O) groups excluding carboxylic acids is 1. The summed E-state index contributed by atoms with van der Waals surface area (Å²) in [6.07, 6.45) is 1.12. The number of hydrogen-bond donors (Lipinski definition) is 1. The lowest BCUT2D eigenvalue weighted by Crippen LogP contribution is -2.30.